The largest absolute Gasteiger partial charge is 0.496 e. The Kier molecular flexibility index (Phi) is 4.10. The summed E-state index contributed by atoms with van der Waals surface area (Å²) in [6.07, 6.45) is 2.28. The quantitative estimate of drug-likeness (QED) is 0.867. The summed E-state index contributed by atoms with van der Waals surface area (Å²) in [5.74, 6) is 0.900. The molecule has 0 spiro atoms. The highest BCUT2D eigenvalue weighted by Gasteiger charge is 2.37. The lowest BCUT2D eigenvalue weighted by Crippen LogP contribution is -2.38. The van der Waals surface area contributed by atoms with Crippen molar-refractivity contribution in [2.45, 2.75) is 31.6 Å². The van der Waals surface area contributed by atoms with Crippen molar-refractivity contribution in [2.24, 2.45) is 5.73 Å². The average molecular weight is 262 g/mol. The third kappa shape index (κ3) is 2.73. The number of rotatable bonds is 3. The molecule has 1 heterocycles. The van der Waals surface area contributed by atoms with Gasteiger partial charge in [-0.15, -0.1) is 0 Å². The Labute approximate surface area is 114 Å². The fourth-order valence-corrected chi connectivity index (χ4v) is 2.86. The van der Waals surface area contributed by atoms with Gasteiger partial charge in [0.2, 0.25) is 5.91 Å². The molecule has 1 aromatic carbocycles. The van der Waals surface area contributed by atoms with E-state index in [1.807, 2.05) is 19.1 Å². The van der Waals surface area contributed by atoms with Crippen molar-refractivity contribution in [3.63, 3.8) is 0 Å². The zero-order valence-corrected chi connectivity index (χ0v) is 11.7. The fourth-order valence-electron chi connectivity index (χ4n) is 2.86. The summed E-state index contributed by atoms with van der Waals surface area (Å²) in [5.41, 5.74) is 7.96. The number of ether oxygens (including phenoxy) is 1. The molecule has 19 heavy (non-hydrogen) atoms. The number of hydrogen-bond acceptors (Lipinski definition) is 3. The van der Waals surface area contributed by atoms with Gasteiger partial charge in [0, 0.05) is 30.5 Å². The van der Waals surface area contributed by atoms with Crippen LogP contribution in [0.2, 0.25) is 0 Å². The van der Waals surface area contributed by atoms with Gasteiger partial charge in [0.15, 0.2) is 0 Å². The molecule has 0 radical (unpaired) electrons. The lowest BCUT2D eigenvalue weighted by molar-refractivity contribution is -0.121. The summed E-state index contributed by atoms with van der Waals surface area (Å²) in [6, 6.07) is 6.08. The van der Waals surface area contributed by atoms with Gasteiger partial charge in [-0.3, -0.25) is 4.79 Å². The Balaban J connectivity index is 2.50. The second-order valence-electron chi connectivity index (χ2n) is 5.32. The van der Waals surface area contributed by atoms with Crippen molar-refractivity contribution in [1.82, 2.24) is 5.32 Å². The first-order valence-corrected chi connectivity index (χ1v) is 6.73. The van der Waals surface area contributed by atoms with Crippen LogP contribution >= 0.6 is 0 Å². The van der Waals surface area contributed by atoms with Crippen LogP contribution in [0.5, 0.6) is 5.75 Å². The second-order valence-corrected chi connectivity index (χ2v) is 5.32. The summed E-state index contributed by atoms with van der Waals surface area (Å²) < 4.78 is 5.47. The molecule has 1 fully saturated rings. The van der Waals surface area contributed by atoms with Crippen LogP contribution in [0.1, 0.15) is 30.4 Å². The number of aryl methyl sites for hydroxylation is 1. The van der Waals surface area contributed by atoms with E-state index in [0.29, 0.717) is 13.0 Å². The van der Waals surface area contributed by atoms with E-state index in [4.69, 9.17) is 10.5 Å². The maximum atomic E-state index is 11.9. The Bertz CT molecular complexity index is 473. The second kappa shape index (κ2) is 5.61. The first-order chi connectivity index (χ1) is 9.11. The van der Waals surface area contributed by atoms with Gasteiger partial charge in [-0.1, -0.05) is 17.7 Å². The minimum absolute atomic E-state index is 0.0755. The molecule has 1 atom stereocenters. The molecule has 1 aliphatic heterocycles. The van der Waals surface area contributed by atoms with Gasteiger partial charge >= 0.3 is 0 Å². The molecule has 0 saturated carbocycles. The predicted molar refractivity (Wildman–Crippen MR) is 75.3 cm³/mol. The van der Waals surface area contributed by atoms with Crippen molar-refractivity contribution in [2.75, 3.05) is 20.2 Å². The highest BCUT2D eigenvalue weighted by molar-refractivity contribution is 5.78. The van der Waals surface area contributed by atoms with E-state index in [-0.39, 0.29) is 11.3 Å². The van der Waals surface area contributed by atoms with E-state index in [1.54, 1.807) is 7.11 Å². The molecule has 1 saturated heterocycles. The number of methoxy groups -OCH3 is 1. The van der Waals surface area contributed by atoms with Crippen molar-refractivity contribution in [1.29, 1.82) is 0 Å². The third-order valence-electron chi connectivity index (χ3n) is 3.97. The minimum atomic E-state index is -0.308. The molecule has 2 rings (SSSR count). The molecule has 1 amide bonds. The Morgan fingerprint density at radius 2 is 2.26 bits per heavy atom. The number of carbonyl (C=O) groups excluding carboxylic acids is 1. The highest BCUT2D eigenvalue weighted by atomic mass is 16.5. The summed E-state index contributed by atoms with van der Waals surface area (Å²) in [7, 11) is 1.66. The molecule has 0 aromatic heterocycles. The van der Waals surface area contributed by atoms with Gasteiger partial charge in [0.05, 0.1) is 7.11 Å². The van der Waals surface area contributed by atoms with Gasteiger partial charge in [-0.25, -0.2) is 0 Å². The summed E-state index contributed by atoms with van der Waals surface area (Å²) in [5, 5.41) is 2.92. The molecule has 0 bridgehead atoms. The van der Waals surface area contributed by atoms with Crippen molar-refractivity contribution < 1.29 is 9.53 Å². The molecule has 1 aliphatic rings. The number of benzene rings is 1. The summed E-state index contributed by atoms with van der Waals surface area (Å²) >= 11 is 0. The monoisotopic (exact) mass is 262 g/mol. The van der Waals surface area contributed by atoms with Gasteiger partial charge in [0.1, 0.15) is 5.75 Å². The SMILES string of the molecule is COc1ccc(C)cc1C1(CN)CCCNC(=O)C1. The first-order valence-electron chi connectivity index (χ1n) is 6.73. The molecular formula is C15H22N2O2. The average Bonchev–Trinajstić information content (AvgIpc) is 2.61. The number of hydrogen-bond donors (Lipinski definition) is 2. The highest BCUT2D eigenvalue weighted by Crippen LogP contribution is 2.39. The van der Waals surface area contributed by atoms with Crippen LogP contribution in [0.3, 0.4) is 0 Å². The van der Waals surface area contributed by atoms with E-state index in [0.717, 1.165) is 36.3 Å². The van der Waals surface area contributed by atoms with Crippen molar-refractivity contribution in [3.05, 3.63) is 29.3 Å². The van der Waals surface area contributed by atoms with E-state index in [9.17, 15) is 4.79 Å². The molecule has 0 aliphatic carbocycles. The molecular weight excluding hydrogens is 240 g/mol. The lowest BCUT2D eigenvalue weighted by Gasteiger charge is -2.32. The number of nitrogens with one attached hydrogen (secondary N) is 1. The van der Waals surface area contributed by atoms with Gasteiger partial charge in [-0.2, -0.15) is 0 Å². The smallest absolute Gasteiger partial charge is 0.220 e. The number of nitrogens with two attached hydrogens (primary N) is 1. The summed E-state index contributed by atoms with van der Waals surface area (Å²) in [6.45, 7) is 3.23. The minimum Gasteiger partial charge on any atom is -0.496 e. The van der Waals surface area contributed by atoms with E-state index < -0.39 is 0 Å². The Morgan fingerprint density at radius 3 is 2.95 bits per heavy atom. The van der Waals surface area contributed by atoms with Crippen LogP contribution in [-0.2, 0) is 10.2 Å². The normalized spacial score (nSPS) is 23.6. The van der Waals surface area contributed by atoms with Crippen LogP contribution in [0, 0.1) is 6.92 Å². The maximum Gasteiger partial charge on any atom is 0.220 e. The third-order valence-corrected chi connectivity index (χ3v) is 3.97. The number of carbonyl (C=O) groups is 1. The van der Waals surface area contributed by atoms with Gasteiger partial charge in [0.25, 0.3) is 0 Å². The van der Waals surface area contributed by atoms with Crippen LogP contribution in [0.4, 0.5) is 0 Å². The maximum absolute atomic E-state index is 11.9. The van der Waals surface area contributed by atoms with Crippen LogP contribution in [0.25, 0.3) is 0 Å². The lowest BCUT2D eigenvalue weighted by atomic mass is 9.73. The Hall–Kier alpha value is -1.55. The molecule has 4 nitrogen and oxygen atoms in total. The predicted octanol–water partition coefficient (Wildman–Crippen LogP) is 1.50. The Morgan fingerprint density at radius 1 is 1.47 bits per heavy atom. The van der Waals surface area contributed by atoms with Gasteiger partial charge in [-0.05, 0) is 25.8 Å². The zero-order chi connectivity index (χ0) is 13.9. The molecule has 1 unspecified atom stereocenters. The fraction of sp³-hybridized carbons (Fsp3) is 0.533. The van der Waals surface area contributed by atoms with Crippen LogP contribution < -0.4 is 15.8 Å². The molecule has 3 N–H and O–H groups in total. The summed E-state index contributed by atoms with van der Waals surface area (Å²) in [4.78, 5) is 11.9. The van der Waals surface area contributed by atoms with Gasteiger partial charge < -0.3 is 15.8 Å². The van der Waals surface area contributed by atoms with E-state index in [1.165, 1.54) is 0 Å². The van der Waals surface area contributed by atoms with E-state index >= 15 is 0 Å². The molecule has 1 aromatic rings. The van der Waals surface area contributed by atoms with Crippen molar-refractivity contribution >= 4 is 5.91 Å². The van der Waals surface area contributed by atoms with E-state index in [2.05, 4.69) is 11.4 Å². The standard InChI is InChI=1S/C15H22N2O2/c1-11-4-5-13(19-2)12(8-11)15(10-16)6-3-7-17-14(18)9-15/h4-5,8H,3,6-7,9-10,16H2,1-2H3,(H,17,18). The molecule has 4 heteroatoms. The van der Waals surface area contributed by atoms with Crippen LogP contribution in [-0.4, -0.2) is 26.1 Å². The van der Waals surface area contributed by atoms with Crippen molar-refractivity contribution in [3.8, 4) is 5.75 Å². The van der Waals surface area contributed by atoms with Crippen LogP contribution in [0.15, 0.2) is 18.2 Å². The topological polar surface area (TPSA) is 64.3 Å². The number of amides is 1. The zero-order valence-electron chi connectivity index (χ0n) is 11.7. The molecule has 104 valence electrons. The first kappa shape index (κ1) is 13.9.